The number of ether oxygens (including phenoxy) is 1. The molecule has 4 aromatic rings. The third-order valence-electron chi connectivity index (χ3n) is 8.47. The summed E-state index contributed by atoms with van der Waals surface area (Å²) in [5, 5.41) is 12.8. The van der Waals surface area contributed by atoms with Crippen molar-refractivity contribution >= 4 is 45.0 Å². The van der Waals surface area contributed by atoms with Crippen molar-refractivity contribution in [2.75, 3.05) is 44.7 Å². The minimum Gasteiger partial charge on any atom is -0.462 e. The van der Waals surface area contributed by atoms with Gasteiger partial charge in [0.1, 0.15) is 18.6 Å². The second kappa shape index (κ2) is 12.3. The van der Waals surface area contributed by atoms with E-state index in [9.17, 15) is 18.8 Å². The number of hydrogen-bond donors (Lipinski definition) is 0. The monoisotopic (exact) mass is 616 g/mol. The standard InChI is InChI=1S/C33H31ClF2N6O2/c1-20(35)32(43)42-14-13-41(18-24(42)11-12-37)31-27-10-9-22(26-7-3-5-21-6-4-8-28(34)30(21)26)15-29(27)38-33(39-31)44-19-25-16-23(36)17-40(25)2/h3-10,15,23-25H,1,11,13-14,16-19H2,2H3/t23-,24+,25+/m1/s1. The summed E-state index contributed by atoms with van der Waals surface area (Å²) >= 11 is 6.64. The molecular weight excluding hydrogens is 586 g/mol. The lowest BCUT2D eigenvalue weighted by molar-refractivity contribution is -0.131. The highest BCUT2D eigenvalue weighted by atomic mass is 35.5. The summed E-state index contributed by atoms with van der Waals surface area (Å²) in [6.07, 6.45) is -0.519. The number of nitriles is 1. The van der Waals surface area contributed by atoms with Gasteiger partial charge in [-0.3, -0.25) is 9.69 Å². The van der Waals surface area contributed by atoms with Crippen LogP contribution in [0.3, 0.4) is 0 Å². The summed E-state index contributed by atoms with van der Waals surface area (Å²) in [7, 11) is 1.87. The first-order chi connectivity index (χ1) is 21.2. The Kier molecular flexibility index (Phi) is 8.34. The minimum atomic E-state index is -1.06. The molecule has 0 saturated carbocycles. The largest absolute Gasteiger partial charge is 0.462 e. The van der Waals surface area contributed by atoms with Crippen molar-refractivity contribution in [3.05, 3.63) is 72.0 Å². The van der Waals surface area contributed by atoms with Crippen LogP contribution in [0.1, 0.15) is 12.8 Å². The number of alkyl halides is 1. The molecule has 8 nitrogen and oxygen atoms in total. The molecular formula is C33H31ClF2N6O2. The Morgan fingerprint density at radius 3 is 2.66 bits per heavy atom. The van der Waals surface area contributed by atoms with E-state index >= 15 is 0 Å². The number of piperazine rings is 1. The van der Waals surface area contributed by atoms with Crippen LogP contribution in [-0.4, -0.2) is 83.8 Å². The molecule has 2 aliphatic rings. The normalized spacial score (nSPS) is 20.7. The van der Waals surface area contributed by atoms with E-state index in [0.29, 0.717) is 35.9 Å². The number of nitrogens with zero attached hydrogens (tertiary/aromatic N) is 6. The molecule has 3 heterocycles. The van der Waals surface area contributed by atoms with E-state index in [-0.39, 0.29) is 38.2 Å². The maximum atomic E-state index is 14.0. The quantitative estimate of drug-likeness (QED) is 0.238. The van der Waals surface area contributed by atoms with Gasteiger partial charge in [0, 0.05) is 48.0 Å². The van der Waals surface area contributed by atoms with Gasteiger partial charge in [0.05, 0.1) is 24.0 Å². The topological polar surface area (TPSA) is 85.6 Å². The zero-order valence-electron chi connectivity index (χ0n) is 24.2. The number of likely N-dealkylation sites (tertiary alicyclic amines) is 1. The van der Waals surface area contributed by atoms with Crippen LogP contribution < -0.4 is 9.64 Å². The number of rotatable bonds is 7. The van der Waals surface area contributed by atoms with Crippen LogP contribution in [0.15, 0.2) is 67.0 Å². The average molecular weight is 617 g/mol. The van der Waals surface area contributed by atoms with Crippen LogP contribution in [0, 0.1) is 11.3 Å². The van der Waals surface area contributed by atoms with Crippen molar-refractivity contribution < 1.29 is 18.3 Å². The molecule has 1 aromatic heterocycles. The first kappa shape index (κ1) is 29.7. The van der Waals surface area contributed by atoms with Gasteiger partial charge in [0.2, 0.25) is 0 Å². The number of anilines is 1. The van der Waals surface area contributed by atoms with Gasteiger partial charge in [-0.2, -0.15) is 15.2 Å². The fraction of sp³-hybridized carbons (Fsp3) is 0.333. The Morgan fingerprint density at radius 1 is 1.14 bits per heavy atom. The first-order valence-corrected chi connectivity index (χ1v) is 14.8. The highest BCUT2D eigenvalue weighted by Gasteiger charge is 2.34. The molecule has 3 aromatic carbocycles. The van der Waals surface area contributed by atoms with Gasteiger partial charge >= 0.3 is 6.01 Å². The molecule has 2 saturated heterocycles. The number of likely N-dealkylation sites (N-methyl/N-ethyl adjacent to an activating group) is 1. The number of aromatic nitrogens is 2. The lowest BCUT2D eigenvalue weighted by atomic mass is 9.97. The first-order valence-electron chi connectivity index (χ1n) is 14.5. The number of amides is 1. The average Bonchev–Trinajstić information content (AvgIpc) is 3.35. The molecule has 1 amide bonds. The zero-order valence-corrected chi connectivity index (χ0v) is 25.0. The molecule has 226 valence electrons. The van der Waals surface area contributed by atoms with E-state index in [1.807, 2.05) is 71.4 Å². The van der Waals surface area contributed by atoms with Gasteiger partial charge in [0.25, 0.3) is 5.91 Å². The lowest BCUT2D eigenvalue weighted by Gasteiger charge is -2.41. The second-order valence-corrected chi connectivity index (χ2v) is 11.7. The molecule has 0 bridgehead atoms. The van der Waals surface area contributed by atoms with Gasteiger partial charge < -0.3 is 14.5 Å². The van der Waals surface area contributed by atoms with E-state index in [0.717, 1.165) is 27.3 Å². The molecule has 11 heteroatoms. The predicted molar refractivity (Wildman–Crippen MR) is 167 cm³/mol. The molecule has 0 unspecified atom stereocenters. The fourth-order valence-corrected chi connectivity index (χ4v) is 6.51. The molecule has 2 aliphatic heterocycles. The third-order valence-corrected chi connectivity index (χ3v) is 8.78. The lowest BCUT2D eigenvalue weighted by Crippen LogP contribution is -2.55. The van der Waals surface area contributed by atoms with Crippen molar-refractivity contribution in [1.29, 1.82) is 5.26 Å². The highest BCUT2D eigenvalue weighted by molar-refractivity contribution is 6.36. The molecule has 2 fully saturated rings. The maximum absolute atomic E-state index is 14.0. The number of hydrogen-bond acceptors (Lipinski definition) is 7. The molecule has 0 aliphatic carbocycles. The van der Waals surface area contributed by atoms with Gasteiger partial charge in [-0.15, -0.1) is 0 Å². The molecule has 3 atom stereocenters. The number of carbonyl (C=O) groups is 1. The SMILES string of the molecule is C=C(F)C(=O)N1CCN(c2nc(OC[C@@H]3C[C@@H](F)CN3C)nc3cc(-c4cccc5cccc(Cl)c45)ccc23)C[C@@H]1CC#N. The Bertz CT molecular complexity index is 1790. The summed E-state index contributed by atoms with van der Waals surface area (Å²) in [4.78, 5) is 27.3. The van der Waals surface area contributed by atoms with E-state index in [2.05, 4.69) is 12.6 Å². The highest BCUT2D eigenvalue weighted by Crippen LogP contribution is 2.37. The Morgan fingerprint density at radius 2 is 1.93 bits per heavy atom. The van der Waals surface area contributed by atoms with Crippen LogP contribution in [0.5, 0.6) is 6.01 Å². The summed E-state index contributed by atoms with van der Waals surface area (Å²) in [6.45, 7) is 4.51. The smallest absolute Gasteiger partial charge is 0.319 e. The number of fused-ring (bicyclic) bond motifs is 2. The summed E-state index contributed by atoms with van der Waals surface area (Å²) in [5.41, 5.74) is 2.48. The van der Waals surface area contributed by atoms with Crippen molar-refractivity contribution in [2.45, 2.75) is 31.1 Å². The van der Waals surface area contributed by atoms with Gasteiger partial charge in [-0.1, -0.05) is 54.6 Å². The van der Waals surface area contributed by atoms with Gasteiger partial charge in [-0.25, -0.2) is 8.78 Å². The van der Waals surface area contributed by atoms with Crippen LogP contribution >= 0.6 is 11.6 Å². The maximum Gasteiger partial charge on any atom is 0.319 e. The van der Waals surface area contributed by atoms with Crippen molar-refractivity contribution in [2.24, 2.45) is 0 Å². The van der Waals surface area contributed by atoms with Crippen LogP contribution in [0.25, 0.3) is 32.8 Å². The van der Waals surface area contributed by atoms with Gasteiger partial charge in [0.15, 0.2) is 5.83 Å². The Labute approximate surface area is 259 Å². The number of benzene rings is 3. The molecule has 0 spiro atoms. The second-order valence-electron chi connectivity index (χ2n) is 11.3. The summed E-state index contributed by atoms with van der Waals surface area (Å²) in [5.74, 6) is -1.30. The molecule has 0 radical (unpaired) electrons. The molecule has 44 heavy (non-hydrogen) atoms. The van der Waals surface area contributed by atoms with E-state index in [1.54, 1.807) is 0 Å². The summed E-state index contributed by atoms with van der Waals surface area (Å²) in [6, 6.07) is 19.3. The van der Waals surface area contributed by atoms with Gasteiger partial charge in [-0.05, 0) is 48.2 Å². The van der Waals surface area contributed by atoms with E-state index in [4.69, 9.17) is 26.3 Å². The van der Waals surface area contributed by atoms with Crippen LogP contribution in [0.4, 0.5) is 14.6 Å². The Balaban J connectivity index is 1.41. The molecule has 0 N–H and O–H groups in total. The zero-order chi connectivity index (χ0) is 31.0. The van der Waals surface area contributed by atoms with Crippen LogP contribution in [0.2, 0.25) is 5.02 Å². The number of carbonyl (C=O) groups excluding carboxylic acids is 1. The van der Waals surface area contributed by atoms with Crippen molar-refractivity contribution in [3.8, 4) is 23.2 Å². The fourth-order valence-electron chi connectivity index (χ4n) is 6.23. The number of halogens is 3. The van der Waals surface area contributed by atoms with Crippen molar-refractivity contribution in [3.63, 3.8) is 0 Å². The Hall–Kier alpha value is -4.33. The van der Waals surface area contributed by atoms with E-state index in [1.165, 1.54) is 4.90 Å². The third kappa shape index (κ3) is 5.77. The van der Waals surface area contributed by atoms with Crippen LogP contribution in [-0.2, 0) is 4.79 Å². The minimum absolute atomic E-state index is 0.0201. The van der Waals surface area contributed by atoms with E-state index < -0.39 is 23.9 Å². The summed E-state index contributed by atoms with van der Waals surface area (Å²) < 4.78 is 33.9. The molecule has 6 rings (SSSR count). The van der Waals surface area contributed by atoms with Crippen molar-refractivity contribution in [1.82, 2.24) is 19.8 Å². The predicted octanol–water partition coefficient (Wildman–Crippen LogP) is 5.94.